The molecule has 3 rings (SSSR count). The van der Waals surface area contributed by atoms with Crippen LogP contribution in [0.5, 0.6) is 0 Å². The Labute approximate surface area is 176 Å². The number of nitrogens with zero attached hydrogens (tertiary/aromatic N) is 2. The molecule has 0 bridgehead atoms. The number of carbonyl (C=O) groups excluding carboxylic acids is 2. The average Bonchev–Trinajstić information content (AvgIpc) is 3.24. The van der Waals surface area contributed by atoms with E-state index >= 15 is 0 Å². The number of anilines is 1. The maximum absolute atomic E-state index is 12.3. The van der Waals surface area contributed by atoms with Crippen molar-refractivity contribution < 1.29 is 24.2 Å². The Bertz CT molecular complexity index is 888. The molecule has 1 aliphatic carbocycles. The molecular weight excluding hydrogens is 386 g/mol. The van der Waals surface area contributed by atoms with Crippen LogP contribution < -0.4 is 5.32 Å². The van der Waals surface area contributed by atoms with Gasteiger partial charge < -0.3 is 14.6 Å². The normalized spacial score (nSPS) is 21.3. The van der Waals surface area contributed by atoms with Crippen molar-refractivity contribution in [1.82, 2.24) is 9.78 Å². The first-order valence-corrected chi connectivity index (χ1v) is 10.1. The van der Waals surface area contributed by atoms with Gasteiger partial charge in [-0.25, -0.2) is 9.48 Å². The summed E-state index contributed by atoms with van der Waals surface area (Å²) >= 11 is 0. The van der Waals surface area contributed by atoms with Crippen LogP contribution >= 0.6 is 0 Å². The Morgan fingerprint density at radius 2 is 1.93 bits per heavy atom. The number of aliphatic hydroxyl groups excluding tert-OH is 1. The van der Waals surface area contributed by atoms with Crippen LogP contribution in [0.2, 0.25) is 0 Å². The summed E-state index contributed by atoms with van der Waals surface area (Å²) in [6.07, 6.45) is -0.915. The second-order valence-corrected chi connectivity index (χ2v) is 8.61. The van der Waals surface area contributed by atoms with Crippen molar-refractivity contribution >= 4 is 17.9 Å². The SMILES string of the molecule is CC(=O)O[C@@H]1C[C@H](c2cc(NC(=O)OCc3ccccc3)n(C(C)(C)C)n2)C[C@H]1O. The lowest BCUT2D eigenvalue weighted by Gasteiger charge is -2.22. The minimum Gasteiger partial charge on any atom is -0.460 e. The van der Waals surface area contributed by atoms with Crippen molar-refractivity contribution in [1.29, 1.82) is 0 Å². The number of hydrogen-bond acceptors (Lipinski definition) is 6. The minimum atomic E-state index is -0.731. The molecular formula is C22H29N3O5. The van der Waals surface area contributed by atoms with E-state index in [2.05, 4.69) is 10.4 Å². The van der Waals surface area contributed by atoms with Gasteiger partial charge in [0, 0.05) is 18.9 Å². The second-order valence-electron chi connectivity index (χ2n) is 8.61. The van der Waals surface area contributed by atoms with Gasteiger partial charge in [0.05, 0.1) is 17.3 Å². The van der Waals surface area contributed by atoms with Gasteiger partial charge in [-0.3, -0.25) is 10.1 Å². The molecule has 30 heavy (non-hydrogen) atoms. The van der Waals surface area contributed by atoms with Crippen molar-refractivity contribution in [3.63, 3.8) is 0 Å². The number of ether oxygens (including phenoxy) is 2. The summed E-state index contributed by atoms with van der Waals surface area (Å²) in [5.74, 6) is 0.0262. The molecule has 1 amide bonds. The molecule has 3 atom stereocenters. The monoisotopic (exact) mass is 415 g/mol. The molecule has 0 radical (unpaired) electrons. The van der Waals surface area contributed by atoms with Gasteiger partial charge in [0.25, 0.3) is 0 Å². The van der Waals surface area contributed by atoms with E-state index in [0.29, 0.717) is 18.7 Å². The molecule has 1 aromatic carbocycles. The molecule has 1 aliphatic rings. The maximum atomic E-state index is 12.3. The van der Waals surface area contributed by atoms with E-state index in [0.717, 1.165) is 11.3 Å². The van der Waals surface area contributed by atoms with Gasteiger partial charge in [-0.15, -0.1) is 0 Å². The maximum Gasteiger partial charge on any atom is 0.413 e. The van der Waals surface area contributed by atoms with E-state index in [-0.39, 0.29) is 18.1 Å². The van der Waals surface area contributed by atoms with Crippen LogP contribution in [0.1, 0.15) is 57.7 Å². The fourth-order valence-electron chi connectivity index (χ4n) is 3.62. The minimum absolute atomic E-state index is 0.0751. The van der Waals surface area contributed by atoms with E-state index in [1.165, 1.54) is 6.92 Å². The van der Waals surface area contributed by atoms with E-state index < -0.39 is 24.3 Å². The number of rotatable bonds is 5. The highest BCUT2D eigenvalue weighted by Gasteiger charge is 2.38. The van der Waals surface area contributed by atoms with Crippen LogP contribution in [0.3, 0.4) is 0 Å². The van der Waals surface area contributed by atoms with Crippen molar-refractivity contribution in [3.8, 4) is 0 Å². The molecule has 2 N–H and O–H groups in total. The molecule has 1 saturated carbocycles. The number of hydrogen-bond donors (Lipinski definition) is 2. The molecule has 1 fully saturated rings. The highest BCUT2D eigenvalue weighted by molar-refractivity contribution is 5.83. The Kier molecular flexibility index (Phi) is 6.45. The average molecular weight is 415 g/mol. The van der Waals surface area contributed by atoms with Crippen LogP contribution in [0.15, 0.2) is 36.4 Å². The van der Waals surface area contributed by atoms with Crippen LogP contribution in [0.4, 0.5) is 10.6 Å². The molecule has 8 heteroatoms. The van der Waals surface area contributed by atoms with Crippen molar-refractivity contribution in [2.75, 3.05) is 5.32 Å². The lowest BCUT2D eigenvalue weighted by atomic mass is 10.0. The van der Waals surface area contributed by atoms with Gasteiger partial charge >= 0.3 is 12.1 Å². The third-order valence-electron chi connectivity index (χ3n) is 5.01. The van der Waals surface area contributed by atoms with Crippen molar-refractivity contribution in [3.05, 3.63) is 47.7 Å². The predicted molar refractivity (Wildman–Crippen MR) is 111 cm³/mol. The second kappa shape index (κ2) is 8.87. The number of benzene rings is 1. The van der Waals surface area contributed by atoms with Gasteiger partial charge in [-0.2, -0.15) is 5.10 Å². The van der Waals surface area contributed by atoms with Gasteiger partial charge in [-0.05, 0) is 39.2 Å². The molecule has 0 saturated heterocycles. The standard InChI is InChI=1S/C22H29N3O5/c1-14(26)30-19-11-16(10-18(19)27)17-12-20(25(24-17)22(2,3)4)23-21(28)29-13-15-8-6-5-7-9-15/h5-9,12,16,18-19,27H,10-11,13H2,1-4H3,(H,23,28)/t16-,18-,19-/m1/s1. The van der Waals surface area contributed by atoms with Crippen LogP contribution in [0.25, 0.3) is 0 Å². The van der Waals surface area contributed by atoms with Crippen LogP contribution in [-0.2, 0) is 26.4 Å². The molecule has 2 aromatic rings. The Balaban J connectivity index is 1.72. The fourth-order valence-corrected chi connectivity index (χ4v) is 3.62. The topological polar surface area (TPSA) is 103 Å². The quantitative estimate of drug-likeness (QED) is 0.724. The zero-order chi connectivity index (χ0) is 21.9. The highest BCUT2D eigenvalue weighted by atomic mass is 16.6. The largest absolute Gasteiger partial charge is 0.460 e. The molecule has 8 nitrogen and oxygen atoms in total. The summed E-state index contributed by atoms with van der Waals surface area (Å²) in [4.78, 5) is 23.6. The van der Waals surface area contributed by atoms with Gasteiger partial charge in [0.15, 0.2) is 0 Å². The fraction of sp³-hybridized carbons (Fsp3) is 0.500. The lowest BCUT2D eigenvalue weighted by molar-refractivity contribution is -0.150. The van der Waals surface area contributed by atoms with Crippen LogP contribution in [-0.4, -0.2) is 39.2 Å². The van der Waals surface area contributed by atoms with E-state index in [1.54, 1.807) is 10.7 Å². The van der Waals surface area contributed by atoms with Gasteiger partial charge in [-0.1, -0.05) is 30.3 Å². The summed E-state index contributed by atoms with van der Waals surface area (Å²) in [7, 11) is 0. The molecule has 1 heterocycles. The number of nitrogens with one attached hydrogen (secondary N) is 1. The van der Waals surface area contributed by atoms with Crippen molar-refractivity contribution in [2.24, 2.45) is 0 Å². The molecule has 1 aromatic heterocycles. The van der Waals surface area contributed by atoms with Crippen molar-refractivity contribution in [2.45, 2.75) is 70.8 Å². The molecule has 0 aliphatic heterocycles. The van der Waals surface area contributed by atoms with E-state index in [4.69, 9.17) is 9.47 Å². The number of carbonyl (C=O) groups is 2. The summed E-state index contributed by atoms with van der Waals surface area (Å²) in [5, 5.41) is 17.7. The van der Waals surface area contributed by atoms with Crippen LogP contribution in [0, 0.1) is 0 Å². The van der Waals surface area contributed by atoms with E-state index in [1.807, 2.05) is 51.1 Å². The Morgan fingerprint density at radius 1 is 1.23 bits per heavy atom. The van der Waals surface area contributed by atoms with Gasteiger partial charge in [0.1, 0.15) is 18.5 Å². The zero-order valence-electron chi connectivity index (χ0n) is 17.8. The summed E-state index contributed by atoms with van der Waals surface area (Å²) in [6, 6.07) is 11.2. The summed E-state index contributed by atoms with van der Waals surface area (Å²) in [6.45, 7) is 7.44. The zero-order valence-corrected chi connectivity index (χ0v) is 17.8. The number of amides is 1. The summed E-state index contributed by atoms with van der Waals surface area (Å²) < 4.78 is 12.3. The number of aromatic nitrogens is 2. The Hall–Kier alpha value is -2.87. The Morgan fingerprint density at radius 3 is 2.57 bits per heavy atom. The smallest absolute Gasteiger partial charge is 0.413 e. The third kappa shape index (κ3) is 5.38. The number of esters is 1. The summed E-state index contributed by atoms with van der Waals surface area (Å²) in [5.41, 5.74) is 1.25. The lowest BCUT2D eigenvalue weighted by Crippen LogP contribution is -2.27. The highest BCUT2D eigenvalue weighted by Crippen LogP contribution is 2.37. The first kappa shape index (κ1) is 21.8. The number of aliphatic hydroxyl groups is 1. The first-order chi connectivity index (χ1) is 14.1. The predicted octanol–water partition coefficient (Wildman–Crippen LogP) is 3.56. The first-order valence-electron chi connectivity index (χ1n) is 10.1. The van der Waals surface area contributed by atoms with Gasteiger partial charge in [0.2, 0.25) is 0 Å². The van der Waals surface area contributed by atoms with E-state index in [9.17, 15) is 14.7 Å². The molecule has 0 unspecified atom stereocenters. The third-order valence-corrected chi connectivity index (χ3v) is 5.01. The molecule has 162 valence electrons. The molecule has 0 spiro atoms.